The van der Waals surface area contributed by atoms with Crippen LogP contribution >= 0.6 is 11.3 Å². The van der Waals surface area contributed by atoms with Crippen molar-refractivity contribution in [2.75, 3.05) is 6.54 Å². The molecular weight excluding hydrogens is 274 g/mol. The van der Waals surface area contributed by atoms with Gasteiger partial charge in [-0.1, -0.05) is 0 Å². The van der Waals surface area contributed by atoms with Gasteiger partial charge in [0.15, 0.2) is 10.8 Å². The number of nitrogens with zero attached hydrogens (tertiary/aromatic N) is 3. The molecule has 0 aliphatic carbocycles. The second-order valence-corrected chi connectivity index (χ2v) is 5.79. The zero-order valence-electron chi connectivity index (χ0n) is 11.6. The maximum Gasteiger partial charge on any atom is 0.274 e. The van der Waals surface area contributed by atoms with E-state index in [1.807, 2.05) is 32.9 Å². The van der Waals surface area contributed by atoms with Crippen LogP contribution in [0.2, 0.25) is 0 Å². The van der Waals surface area contributed by atoms with Crippen molar-refractivity contribution in [2.24, 2.45) is 0 Å². The van der Waals surface area contributed by atoms with Crippen LogP contribution in [0.5, 0.6) is 0 Å². The topological polar surface area (TPSA) is 70.1 Å². The van der Waals surface area contributed by atoms with Crippen LogP contribution in [0.25, 0.3) is 10.8 Å². The van der Waals surface area contributed by atoms with Crippen molar-refractivity contribution in [2.45, 2.75) is 26.8 Å². The predicted molar refractivity (Wildman–Crippen MR) is 76.3 cm³/mol. The van der Waals surface area contributed by atoms with E-state index in [0.29, 0.717) is 16.5 Å². The Morgan fingerprint density at radius 2 is 2.35 bits per heavy atom. The molecule has 0 radical (unpaired) electrons. The Morgan fingerprint density at radius 1 is 1.60 bits per heavy atom. The molecule has 0 aliphatic rings. The summed E-state index contributed by atoms with van der Waals surface area (Å²) in [7, 11) is 0. The molecule has 2 rings (SSSR count). The zero-order valence-corrected chi connectivity index (χ0v) is 12.4. The monoisotopic (exact) mass is 289 g/mol. The van der Waals surface area contributed by atoms with Crippen LogP contribution in [-0.2, 0) is 0 Å². The van der Waals surface area contributed by atoms with Gasteiger partial charge in [-0.25, -0.2) is 4.98 Å². The van der Waals surface area contributed by atoms with E-state index in [4.69, 9.17) is 9.68 Å². The molecule has 0 aliphatic heterocycles. The summed E-state index contributed by atoms with van der Waals surface area (Å²) in [6.07, 6.45) is 1.57. The quantitative estimate of drug-likeness (QED) is 0.811. The second kappa shape index (κ2) is 5.88. The van der Waals surface area contributed by atoms with Crippen molar-refractivity contribution in [3.05, 3.63) is 29.0 Å². The largest absolute Gasteiger partial charge is 0.462 e. The Hall–Kier alpha value is -2.13. The first kappa shape index (κ1) is 14.3. The molecule has 0 saturated heterocycles. The van der Waals surface area contributed by atoms with Gasteiger partial charge in [-0.2, -0.15) is 5.26 Å². The third kappa shape index (κ3) is 2.73. The second-order valence-electron chi connectivity index (χ2n) is 4.59. The van der Waals surface area contributed by atoms with Gasteiger partial charge in [0.1, 0.15) is 12.2 Å². The van der Waals surface area contributed by atoms with Crippen molar-refractivity contribution >= 4 is 17.2 Å². The highest BCUT2D eigenvalue weighted by Gasteiger charge is 2.24. The summed E-state index contributed by atoms with van der Waals surface area (Å²) in [6.45, 7) is 5.67. The fourth-order valence-electron chi connectivity index (χ4n) is 1.80. The van der Waals surface area contributed by atoms with E-state index in [1.165, 1.54) is 16.2 Å². The van der Waals surface area contributed by atoms with Gasteiger partial charge in [0.05, 0.1) is 12.3 Å². The molecule has 1 amide bonds. The molecule has 0 fully saturated rings. The minimum atomic E-state index is -0.215. The number of aryl methyl sites for hydroxylation is 1. The number of rotatable bonds is 4. The van der Waals surface area contributed by atoms with Crippen LogP contribution in [0, 0.1) is 18.3 Å². The molecule has 0 atom stereocenters. The number of carbonyl (C=O) groups is 1. The molecule has 0 saturated carbocycles. The first-order valence-corrected chi connectivity index (χ1v) is 7.05. The van der Waals surface area contributed by atoms with Gasteiger partial charge < -0.3 is 9.32 Å². The van der Waals surface area contributed by atoms with Gasteiger partial charge in [-0.05, 0) is 32.9 Å². The van der Waals surface area contributed by atoms with E-state index in [-0.39, 0.29) is 18.5 Å². The molecule has 2 aromatic rings. The first-order valence-electron chi connectivity index (χ1n) is 6.23. The Labute approximate surface area is 121 Å². The highest BCUT2D eigenvalue weighted by atomic mass is 32.1. The van der Waals surface area contributed by atoms with Crippen LogP contribution in [-0.4, -0.2) is 28.4 Å². The fourth-order valence-corrected chi connectivity index (χ4v) is 2.67. The Balaban J connectivity index is 2.33. The molecule has 2 aromatic heterocycles. The third-order valence-electron chi connectivity index (χ3n) is 2.86. The maximum absolute atomic E-state index is 12.5. The van der Waals surface area contributed by atoms with Crippen molar-refractivity contribution < 1.29 is 9.21 Å². The summed E-state index contributed by atoms with van der Waals surface area (Å²) in [5.41, 5.74) is 0.394. The lowest BCUT2D eigenvalue weighted by atomic mass is 10.2. The molecule has 2 heterocycles. The Kier molecular flexibility index (Phi) is 4.20. The standard InChI is InChI=1S/C14H15N3O2S/c1-9(2)17(7-6-15)14(18)12-10(3)20-13(16-12)11-5-4-8-19-11/h4-5,8-9H,7H2,1-3H3. The SMILES string of the molecule is Cc1sc(-c2ccco2)nc1C(=O)N(CC#N)C(C)C. The minimum absolute atomic E-state index is 0.0460. The number of carbonyl (C=O) groups excluding carboxylic acids is 1. The molecule has 5 nitrogen and oxygen atoms in total. The maximum atomic E-state index is 12.5. The van der Waals surface area contributed by atoms with Crippen molar-refractivity contribution in [1.82, 2.24) is 9.88 Å². The van der Waals surface area contributed by atoms with Gasteiger partial charge in [0, 0.05) is 10.9 Å². The van der Waals surface area contributed by atoms with Gasteiger partial charge in [-0.15, -0.1) is 11.3 Å². The van der Waals surface area contributed by atoms with Gasteiger partial charge in [0.2, 0.25) is 0 Å². The van der Waals surface area contributed by atoms with Crippen LogP contribution in [0.15, 0.2) is 22.8 Å². The minimum Gasteiger partial charge on any atom is -0.462 e. The molecular formula is C14H15N3O2S. The van der Waals surface area contributed by atoms with E-state index in [0.717, 1.165) is 4.88 Å². The number of amides is 1. The molecule has 0 bridgehead atoms. The smallest absolute Gasteiger partial charge is 0.274 e. The van der Waals surface area contributed by atoms with Gasteiger partial charge in [0.25, 0.3) is 5.91 Å². The summed E-state index contributed by atoms with van der Waals surface area (Å²) in [5.74, 6) is 0.432. The highest BCUT2D eigenvalue weighted by molar-refractivity contribution is 7.15. The van der Waals surface area contributed by atoms with Crippen LogP contribution in [0.1, 0.15) is 29.2 Å². The lowest BCUT2D eigenvalue weighted by Crippen LogP contribution is -2.37. The molecule has 6 heteroatoms. The van der Waals surface area contributed by atoms with Crippen LogP contribution in [0.3, 0.4) is 0 Å². The average Bonchev–Trinajstić information content (AvgIpc) is 3.03. The molecule has 0 N–H and O–H groups in total. The Bertz CT molecular complexity index is 638. The third-order valence-corrected chi connectivity index (χ3v) is 3.84. The lowest BCUT2D eigenvalue weighted by Gasteiger charge is -2.23. The zero-order chi connectivity index (χ0) is 14.7. The van der Waals surface area contributed by atoms with Crippen molar-refractivity contribution in [1.29, 1.82) is 5.26 Å². The summed E-state index contributed by atoms with van der Waals surface area (Å²) < 4.78 is 5.29. The van der Waals surface area contributed by atoms with Crippen LogP contribution in [0.4, 0.5) is 0 Å². The van der Waals surface area contributed by atoms with E-state index in [1.54, 1.807) is 12.3 Å². The highest BCUT2D eigenvalue weighted by Crippen LogP contribution is 2.28. The van der Waals surface area contributed by atoms with Crippen molar-refractivity contribution in [3.63, 3.8) is 0 Å². The molecule has 0 spiro atoms. The van der Waals surface area contributed by atoms with Crippen molar-refractivity contribution in [3.8, 4) is 16.8 Å². The number of aromatic nitrogens is 1. The lowest BCUT2D eigenvalue weighted by molar-refractivity contribution is 0.0725. The average molecular weight is 289 g/mol. The number of hydrogen-bond acceptors (Lipinski definition) is 5. The van der Waals surface area contributed by atoms with E-state index < -0.39 is 0 Å². The Morgan fingerprint density at radius 3 is 2.90 bits per heavy atom. The number of nitriles is 1. The van der Waals surface area contributed by atoms with E-state index in [9.17, 15) is 4.79 Å². The predicted octanol–water partition coefficient (Wildman–Crippen LogP) is 3.09. The van der Waals surface area contributed by atoms with Crippen LogP contribution < -0.4 is 0 Å². The molecule has 20 heavy (non-hydrogen) atoms. The number of thiazole rings is 1. The van der Waals surface area contributed by atoms with E-state index >= 15 is 0 Å². The van der Waals surface area contributed by atoms with E-state index in [2.05, 4.69) is 4.98 Å². The number of hydrogen-bond donors (Lipinski definition) is 0. The summed E-state index contributed by atoms with van der Waals surface area (Å²) >= 11 is 1.41. The summed E-state index contributed by atoms with van der Waals surface area (Å²) in [6, 6.07) is 5.56. The molecule has 0 unspecified atom stereocenters. The first-order chi connectivity index (χ1) is 9.54. The molecule has 104 valence electrons. The fraction of sp³-hybridized carbons (Fsp3) is 0.357. The number of furan rings is 1. The summed E-state index contributed by atoms with van der Waals surface area (Å²) in [5, 5.41) is 9.51. The van der Waals surface area contributed by atoms with Gasteiger partial charge in [-0.3, -0.25) is 4.79 Å². The summed E-state index contributed by atoms with van der Waals surface area (Å²) in [4.78, 5) is 19.2. The molecule has 0 aromatic carbocycles. The normalized spacial score (nSPS) is 10.6. The van der Waals surface area contributed by atoms with Gasteiger partial charge >= 0.3 is 0 Å².